The van der Waals surface area contributed by atoms with Crippen LogP contribution in [0.3, 0.4) is 0 Å². The highest BCUT2D eigenvalue weighted by Gasteiger charge is 2.30. The van der Waals surface area contributed by atoms with Gasteiger partial charge in [0.05, 0.1) is 17.2 Å². The highest BCUT2D eigenvalue weighted by atomic mass is 16.2. The topological polar surface area (TPSA) is 125 Å². The molecule has 4 heterocycles. The largest absolute Gasteiger partial charge is 0.355 e. The number of aryl methyl sites for hydroxylation is 2. The Morgan fingerprint density at radius 3 is 2.65 bits per heavy atom. The number of amides is 2. The lowest BCUT2D eigenvalue weighted by Gasteiger charge is -2.33. The van der Waals surface area contributed by atoms with Crippen molar-refractivity contribution < 1.29 is 9.59 Å². The molecule has 1 atom stereocenters. The van der Waals surface area contributed by atoms with Gasteiger partial charge in [-0.2, -0.15) is 10.4 Å². The quantitative estimate of drug-likeness (QED) is 0.438. The molecule has 5 rings (SSSR count). The van der Waals surface area contributed by atoms with E-state index in [1.807, 2.05) is 45.0 Å². The van der Waals surface area contributed by atoms with Crippen LogP contribution >= 0.6 is 0 Å². The Kier molecular flexibility index (Phi) is 6.17. The Hall–Kier alpha value is -4.58. The minimum Gasteiger partial charge on any atom is -0.355 e. The van der Waals surface area contributed by atoms with E-state index in [1.165, 1.54) is 0 Å². The number of aromatic nitrogens is 4. The number of piperidine rings is 1. The summed E-state index contributed by atoms with van der Waals surface area (Å²) in [7, 11) is 0. The summed E-state index contributed by atoms with van der Waals surface area (Å²) < 4.78 is 1.66. The van der Waals surface area contributed by atoms with Gasteiger partial charge in [-0.1, -0.05) is 19.1 Å². The molecule has 4 aromatic rings. The number of fused-ring (bicyclic) bond motifs is 1. The molecule has 1 unspecified atom stereocenters. The number of pyridine rings is 1. The highest BCUT2D eigenvalue weighted by molar-refractivity contribution is 5.95. The number of benzene rings is 1. The molecule has 3 aromatic heterocycles. The van der Waals surface area contributed by atoms with Gasteiger partial charge in [0.25, 0.3) is 5.91 Å². The van der Waals surface area contributed by atoms with E-state index in [9.17, 15) is 14.9 Å². The number of carbonyl (C=O) groups is 2. The zero-order chi connectivity index (χ0) is 26.2. The maximum absolute atomic E-state index is 13.1. The van der Waals surface area contributed by atoms with Gasteiger partial charge in [0.15, 0.2) is 5.65 Å². The van der Waals surface area contributed by atoms with Crippen molar-refractivity contribution in [1.82, 2.24) is 30.2 Å². The number of rotatable bonds is 5. The lowest BCUT2D eigenvalue weighted by molar-refractivity contribution is -0.124. The van der Waals surface area contributed by atoms with Crippen LogP contribution in [0.1, 0.15) is 47.2 Å². The second-order valence-electron chi connectivity index (χ2n) is 9.91. The number of nitrogens with one attached hydrogen (secondary N) is 2. The fourth-order valence-electron chi connectivity index (χ4n) is 4.68. The molecule has 1 aliphatic heterocycles. The van der Waals surface area contributed by atoms with Crippen LogP contribution in [-0.4, -0.2) is 44.5 Å². The van der Waals surface area contributed by atoms with Crippen molar-refractivity contribution >= 4 is 17.5 Å². The fraction of sp³-hybridized carbons (Fsp3) is 0.286. The predicted octanol–water partition coefficient (Wildman–Crippen LogP) is 3.59. The monoisotopic (exact) mass is 493 g/mol. The van der Waals surface area contributed by atoms with Crippen molar-refractivity contribution in [2.24, 2.45) is 5.41 Å². The van der Waals surface area contributed by atoms with Gasteiger partial charge < -0.3 is 10.6 Å². The van der Waals surface area contributed by atoms with Gasteiger partial charge in [-0.3, -0.25) is 14.6 Å². The Bertz CT molecular complexity index is 1550. The molecule has 0 spiro atoms. The van der Waals surface area contributed by atoms with Crippen molar-refractivity contribution in [3.05, 3.63) is 71.3 Å². The number of nitrogens with zero attached hydrogens (tertiary/aromatic N) is 5. The van der Waals surface area contributed by atoms with Gasteiger partial charge in [-0.05, 0) is 56.2 Å². The van der Waals surface area contributed by atoms with Gasteiger partial charge in [0.1, 0.15) is 11.4 Å². The second-order valence-corrected chi connectivity index (χ2v) is 9.91. The van der Waals surface area contributed by atoms with E-state index in [0.717, 1.165) is 28.1 Å². The molecule has 9 nitrogen and oxygen atoms in total. The summed E-state index contributed by atoms with van der Waals surface area (Å²) in [4.78, 5) is 33.9. The van der Waals surface area contributed by atoms with E-state index >= 15 is 0 Å². The first kappa shape index (κ1) is 24.1. The Morgan fingerprint density at radius 2 is 1.95 bits per heavy atom. The van der Waals surface area contributed by atoms with E-state index in [4.69, 9.17) is 10.1 Å². The van der Waals surface area contributed by atoms with E-state index in [0.29, 0.717) is 42.8 Å². The van der Waals surface area contributed by atoms with Gasteiger partial charge in [0, 0.05) is 48.1 Å². The average Bonchev–Trinajstić information content (AvgIpc) is 3.28. The molecular formula is C28H27N7O2. The SMILES string of the molecule is Cc1cc(-c2c(-c3cccc(C#N)c3)nn3ccc(C(=O)NCC4(C)CCC(=O)NC4)nc23)cc(C)n1. The molecule has 1 aromatic carbocycles. The minimum atomic E-state index is -0.289. The van der Waals surface area contributed by atoms with Crippen LogP contribution in [0, 0.1) is 30.6 Å². The first-order chi connectivity index (χ1) is 17.7. The standard InChI is InChI=1S/C28H27N7O2/c1-17-11-21(12-18(2)32-17)24-25(20-6-4-5-19(13-20)14-29)34-35-10-8-22(33-26(24)35)27(37)31-16-28(3)9-7-23(36)30-15-28/h4-6,8,10-13H,7,9,15-16H2,1-3H3,(H,30,36)(H,31,37). The smallest absolute Gasteiger partial charge is 0.270 e. The van der Waals surface area contributed by atoms with Crippen LogP contribution < -0.4 is 10.6 Å². The number of nitriles is 1. The van der Waals surface area contributed by atoms with Gasteiger partial charge in [0.2, 0.25) is 5.91 Å². The van der Waals surface area contributed by atoms with Crippen molar-refractivity contribution in [3.8, 4) is 28.5 Å². The van der Waals surface area contributed by atoms with Crippen molar-refractivity contribution in [3.63, 3.8) is 0 Å². The lowest BCUT2D eigenvalue weighted by Crippen LogP contribution is -2.47. The van der Waals surface area contributed by atoms with Crippen LogP contribution in [0.15, 0.2) is 48.7 Å². The summed E-state index contributed by atoms with van der Waals surface area (Å²) in [6, 6.07) is 15.0. The summed E-state index contributed by atoms with van der Waals surface area (Å²) in [6.07, 6.45) is 2.89. The molecule has 1 saturated heterocycles. The molecule has 1 fully saturated rings. The summed E-state index contributed by atoms with van der Waals surface area (Å²) in [5.41, 5.74) is 5.93. The highest BCUT2D eigenvalue weighted by Crippen LogP contribution is 2.35. The number of carbonyl (C=O) groups excluding carboxylic acids is 2. The summed E-state index contributed by atoms with van der Waals surface area (Å²) in [6.45, 7) is 6.86. The second kappa shape index (κ2) is 9.47. The average molecular weight is 494 g/mol. The van der Waals surface area contributed by atoms with E-state index in [2.05, 4.69) is 21.7 Å². The normalized spacial score (nSPS) is 17.3. The number of hydrogen-bond acceptors (Lipinski definition) is 6. The van der Waals surface area contributed by atoms with E-state index < -0.39 is 0 Å². The van der Waals surface area contributed by atoms with Crippen molar-refractivity contribution in [1.29, 1.82) is 5.26 Å². The maximum atomic E-state index is 13.1. The molecule has 37 heavy (non-hydrogen) atoms. The molecule has 0 bridgehead atoms. The molecule has 0 radical (unpaired) electrons. The van der Waals surface area contributed by atoms with E-state index in [1.54, 1.807) is 28.9 Å². The van der Waals surface area contributed by atoms with Crippen LogP contribution in [0.25, 0.3) is 28.0 Å². The Balaban J connectivity index is 1.56. The Morgan fingerprint density at radius 1 is 1.16 bits per heavy atom. The van der Waals surface area contributed by atoms with Crippen molar-refractivity contribution in [2.75, 3.05) is 13.1 Å². The lowest BCUT2D eigenvalue weighted by atomic mass is 9.82. The summed E-state index contributed by atoms with van der Waals surface area (Å²) in [5, 5.41) is 20.1. The van der Waals surface area contributed by atoms with Gasteiger partial charge >= 0.3 is 0 Å². The molecule has 1 aliphatic rings. The molecule has 186 valence electrons. The predicted molar refractivity (Wildman–Crippen MR) is 139 cm³/mol. The first-order valence-corrected chi connectivity index (χ1v) is 12.2. The molecular weight excluding hydrogens is 466 g/mol. The van der Waals surface area contributed by atoms with Crippen molar-refractivity contribution in [2.45, 2.75) is 33.6 Å². The third-order valence-corrected chi connectivity index (χ3v) is 6.70. The molecule has 2 N–H and O–H groups in total. The van der Waals surface area contributed by atoms with Crippen LogP contribution in [0.5, 0.6) is 0 Å². The number of hydrogen-bond donors (Lipinski definition) is 2. The van der Waals surface area contributed by atoms with Gasteiger partial charge in [-0.25, -0.2) is 9.50 Å². The Labute approximate surface area is 214 Å². The third kappa shape index (κ3) is 4.91. The molecule has 0 saturated carbocycles. The van der Waals surface area contributed by atoms with E-state index in [-0.39, 0.29) is 22.9 Å². The summed E-state index contributed by atoms with van der Waals surface area (Å²) >= 11 is 0. The van der Waals surface area contributed by atoms with Crippen LogP contribution in [0.2, 0.25) is 0 Å². The zero-order valence-corrected chi connectivity index (χ0v) is 21.0. The zero-order valence-electron chi connectivity index (χ0n) is 21.0. The molecule has 9 heteroatoms. The molecule has 2 amide bonds. The van der Waals surface area contributed by atoms with Crippen LogP contribution in [-0.2, 0) is 4.79 Å². The van der Waals surface area contributed by atoms with Crippen LogP contribution in [0.4, 0.5) is 0 Å². The third-order valence-electron chi connectivity index (χ3n) is 6.70. The minimum absolute atomic E-state index is 0.0434. The van der Waals surface area contributed by atoms with Gasteiger partial charge in [-0.15, -0.1) is 0 Å². The fourth-order valence-corrected chi connectivity index (χ4v) is 4.68. The summed E-state index contributed by atoms with van der Waals surface area (Å²) in [5.74, 6) is -0.246. The maximum Gasteiger partial charge on any atom is 0.270 e. The molecule has 0 aliphatic carbocycles. The first-order valence-electron chi connectivity index (χ1n) is 12.2.